The first kappa shape index (κ1) is 13.2. The van der Waals surface area contributed by atoms with Crippen molar-refractivity contribution in [3.63, 3.8) is 0 Å². The van der Waals surface area contributed by atoms with Gasteiger partial charge in [0.1, 0.15) is 11.9 Å². The molecule has 1 atom stereocenters. The molecule has 1 heterocycles. The van der Waals surface area contributed by atoms with Gasteiger partial charge in [-0.25, -0.2) is 0 Å². The van der Waals surface area contributed by atoms with Gasteiger partial charge in [0.05, 0.1) is 12.2 Å². The smallest absolute Gasteiger partial charge is 0.303 e. The lowest BCUT2D eigenvalue weighted by Crippen LogP contribution is -2.47. The summed E-state index contributed by atoms with van der Waals surface area (Å²) in [6.07, 6.45) is -0.158. The van der Waals surface area contributed by atoms with Crippen LogP contribution in [0.25, 0.3) is 0 Å². The first-order valence-electron chi connectivity index (χ1n) is 5.80. The Kier molecular flexibility index (Phi) is 3.25. The Labute approximate surface area is 108 Å². The highest BCUT2D eigenvalue weighted by molar-refractivity contribution is 7.90. The van der Waals surface area contributed by atoms with Crippen LogP contribution in [0.5, 0.6) is 5.75 Å². The predicted molar refractivity (Wildman–Crippen MR) is 71.2 cm³/mol. The predicted octanol–water partition coefficient (Wildman–Crippen LogP) is 1.39. The first-order chi connectivity index (χ1) is 8.32. The summed E-state index contributed by atoms with van der Waals surface area (Å²) in [7, 11) is -0.410. The Morgan fingerprint density at radius 2 is 2.06 bits per heavy atom. The van der Waals surface area contributed by atoms with Gasteiger partial charge in [-0.1, -0.05) is 6.07 Å². The molecule has 0 aromatic heterocycles. The highest BCUT2D eigenvalue weighted by Crippen LogP contribution is 2.36. The van der Waals surface area contributed by atoms with Gasteiger partial charge < -0.3 is 4.74 Å². The summed E-state index contributed by atoms with van der Waals surface area (Å²) >= 11 is 0. The van der Waals surface area contributed by atoms with E-state index in [1.54, 1.807) is 6.07 Å². The maximum atomic E-state index is 12.3. The van der Waals surface area contributed by atoms with E-state index in [9.17, 15) is 8.42 Å². The second-order valence-corrected chi connectivity index (χ2v) is 6.79. The Bertz CT molecular complexity index is 554. The lowest BCUT2D eigenvalue weighted by atomic mass is 10.2. The lowest BCUT2D eigenvalue weighted by molar-refractivity contribution is 0.218. The summed E-state index contributed by atoms with van der Waals surface area (Å²) in [4.78, 5) is 0. The number of ether oxygens (including phenoxy) is 1. The molecule has 18 heavy (non-hydrogen) atoms. The highest BCUT2D eigenvalue weighted by Gasteiger charge is 2.32. The van der Waals surface area contributed by atoms with Gasteiger partial charge >= 0.3 is 10.2 Å². The second-order valence-electron chi connectivity index (χ2n) is 4.72. The van der Waals surface area contributed by atoms with Gasteiger partial charge in [0, 0.05) is 14.1 Å². The molecule has 0 radical (unpaired) electrons. The molecule has 1 aromatic carbocycles. The monoisotopic (exact) mass is 270 g/mol. The van der Waals surface area contributed by atoms with Crippen molar-refractivity contribution >= 4 is 15.9 Å². The zero-order chi connectivity index (χ0) is 13.5. The number of hydrogen-bond acceptors (Lipinski definition) is 3. The molecule has 0 saturated heterocycles. The summed E-state index contributed by atoms with van der Waals surface area (Å²) in [6, 6.07) is 5.54. The fourth-order valence-corrected chi connectivity index (χ4v) is 3.12. The zero-order valence-electron chi connectivity index (χ0n) is 11.0. The number of fused-ring (bicyclic) bond motifs is 1. The van der Waals surface area contributed by atoms with Crippen LogP contribution in [-0.2, 0) is 10.2 Å². The Hall–Kier alpha value is -1.27. The Balaban J connectivity index is 2.53. The molecule has 100 valence electrons. The van der Waals surface area contributed by atoms with Crippen molar-refractivity contribution in [1.82, 2.24) is 4.31 Å². The molecule has 0 aliphatic carbocycles. The van der Waals surface area contributed by atoms with Crippen LogP contribution in [0.4, 0.5) is 5.69 Å². The molecule has 0 bridgehead atoms. The molecule has 1 aliphatic heterocycles. The molecule has 1 aromatic rings. The summed E-state index contributed by atoms with van der Waals surface area (Å²) in [5, 5.41) is 0. The van der Waals surface area contributed by atoms with Crippen LogP contribution in [0.15, 0.2) is 18.2 Å². The molecular formula is C12H18N2O3S. The molecule has 0 fully saturated rings. The molecule has 0 N–H and O–H groups in total. The van der Waals surface area contributed by atoms with Crippen LogP contribution < -0.4 is 9.04 Å². The van der Waals surface area contributed by atoms with Crippen molar-refractivity contribution in [2.45, 2.75) is 20.0 Å². The highest BCUT2D eigenvalue weighted by atomic mass is 32.2. The number of benzene rings is 1. The molecule has 0 amide bonds. The maximum absolute atomic E-state index is 12.3. The van der Waals surface area contributed by atoms with E-state index in [-0.39, 0.29) is 6.10 Å². The first-order valence-corrected chi connectivity index (χ1v) is 7.19. The molecule has 2 rings (SSSR count). The van der Waals surface area contributed by atoms with Crippen LogP contribution in [0.1, 0.15) is 12.5 Å². The normalized spacial score (nSPS) is 19.6. The van der Waals surface area contributed by atoms with Crippen LogP contribution in [0.3, 0.4) is 0 Å². The van der Waals surface area contributed by atoms with Gasteiger partial charge in [0.2, 0.25) is 0 Å². The van der Waals surface area contributed by atoms with Gasteiger partial charge in [-0.05, 0) is 31.5 Å². The summed E-state index contributed by atoms with van der Waals surface area (Å²) in [5.74, 6) is 0.624. The molecule has 1 aliphatic rings. The average Bonchev–Trinajstić information content (AvgIpc) is 2.26. The van der Waals surface area contributed by atoms with E-state index in [4.69, 9.17) is 4.74 Å². The van der Waals surface area contributed by atoms with Crippen molar-refractivity contribution < 1.29 is 13.2 Å². The molecule has 5 nitrogen and oxygen atoms in total. The molecular weight excluding hydrogens is 252 g/mol. The Morgan fingerprint density at radius 3 is 2.67 bits per heavy atom. The van der Waals surface area contributed by atoms with Crippen LogP contribution in [-0.4, -0.2) is 39.5 Å². The zero-order valence-corrected chi connectivity index (χ0v) is 11.9. The van der Waals surface area contributed by atoms with Gasteiger partial charge in [-0.15, -0.1) is 0 Å². The molecule has 0 spiro atoms. The van der Waals surface area contributed by atoms with Gasteiger partial charge in [-0.3, -0.25) is 4.31 Å². The van der Waals surface area contributed by atoms with E-state index < -0.39 is 10.2 Å². The minimum Gasteiger partial charge on any atom is -0.487 e. The summed E-state index contributed by atoms with van der Waals surface area (Å²) < 4.78 is 32.9. The molecule has 6 heteroatoms. The van der Waals surface area contributed by atoms with Crippen molar-refractivity contribution in [3.05, 3.63) is 23.8 Å². The molecule has 0 saturated carbocycles. The average molecular weight is 270 g/mol. The van der Waals surface area contributed by atoms with Crippen molar-refractivity contribution in [1.29, 1.82) is 0 Å². The lowest BCUT2D eigenvalue weighted by Gasteiger charge is -2.35. The fraction of sp³-hybridized carbons (Fsp3) is 0.500. The minimum absolute atomic E-state index is 0.158. The summed E-state index contributed by atoms with van der Waals surface area (Å²) in [6.45, 7) is 4.15. The van der Waals surface area contributed by atoms with E-state index in [1.807, 2.05) is 26.0 Å². The third-order valence-corrected chi connectivity index (χ3v) is 4.70. The van der Waals surface area contributed by atoms with Crippen molar-refractivity contribution in [2.75, 3.05) is 24.9 Å². The van der Waals surface area contributed by atoms with Crippen LogP contribution in [0, 0.1) is 6.92 Å². The van der Waals surface area contributed by atoms with Crippen molar-refractivity contribution in [2.24, 2.45) is 0 Å². The van der Waals surface area contributed by atoms with Gasteiger partial charge in [0.15, 0.2) is 0 Å². The van der Waals surface area contributed by atoms with E-state index in [0.29, 0.717) is 18.0 Å². The third-order valence-electron chi connectivity index (χ3n) is 2.88. The number of anilines is 1. The number of rotatable bonds is 2. The maximum Gasteiger partial charge on any atom is 0.303 e. The minimum atomic E-state index is -3.47. The van der Waals surface area contributed by atoms with E-state index in [1.165, 1.54) is 22.7 Å². The van der Waals surface area contributed by atoms with Gasteiger partial charge in [-0.2, -0.15) is 12.7 Å². The topological polar surface area (TPSA) is 49.9 Å². The van der Waals surface area contributed by atoms with Crippen LogP contribution in [0.2, 0.25) is 0 Å². The van der Waals surface area contributed by atoms with E-state index >= 15 is 0 Å². The third kappa shape index (κ3) is 2.18. The summed E-state index contributed by atoms with van der Waals surface area (Å²) in [5.41, 5.74) is 1.65. The second kappa shape index (κ2) is 4.44. The van der Waals surface area contributed by atoms with Crippen LogP contribution >= 0.6 is 0 Å². The number of aryl methyl sites for hydroxylation is 1. The van der Waals surface area contributed by atoms with E-state index in [2.05, 4.69) is 0 Å². The molecule has 1 unspecified atom stereocenters. The SMILES string of the molecule is Cc1ccc2c(c1)OC(C)CN2S(=O)(=O)N(C)C. The standard InChI is InChI=1S/C12H18N2O3S/c1-9-5-6-11-12(7-9)17-10(2)8-14(11)18(15,16)13(3)4/h5-7,10H,8H2,1-4H3. The van der Waals surface area contributed by atoms with Gasteiger partial charge in [0.25, 0.3) is 0 Å². The van der Waals surface area contributed by atoms with Crippen molar-refractivity contribution in [3.8, 4) is 5.75 Å². The quantitative estimate of drug-likeness (QED) is 0.816. The Morgan fingerprint density at radius 1 is 1.39 bits per heavy atom. The number of nitrogens with zero attached hydrogens (tertiary/aromatic N) is 2. The number of hydrogen-bond donors (Lipinski definition) is 0. The largest absolute Gasteiger partial charge is 0.487 e. The van der Waals surface area contributed by atoms with E-state index in [0.717, 1.165) is 5.56 Å². The fourth-order valence-electron chi connectivity index (χ4n) is 1.92.